The topological polar surface area (TPSA) is 102 Å². The number of ketones is 1. The maximum absolute atomic E-state index is 13.7. The van der Waals surface area contributed by atoms with Gasteiger partial charge in [-0.05, 0) is 60.0 Å². The van der Waals surface area contributed by atoms with E-state index in [-0.39, 0.29) is 16.5 Å². The number of anilines is 1. The lowest BCUT2D eigenvalue weighted by Crippen LogP contribution is -2.29. The average Bonchev–Trinajstić information content (AvgIpc) is 3.65. The molecule has 1 aliphatic heterocycles. The monoisotopic (exact) mass is 635 g/mol. The minimum absolute atomic E-state index is 0.0435. The molecule has 5 aromatic rings. The molecule has 1 aliphatic rings. The van der Waals surface area contributed by atoms with Crippen LogP contribution in [0.3, 0.4) is 0 Å². The molecule has 4 aromatic carbocycles. The molecule has 45 heavy (non-hydrogen) atoms. The summed E-state index contributed by atoms with van der Waals surface area (Å²) in [5.41, 5.74) is 3.05. The summed E-state index contributed by atoms with van der Waals surface area (Å²) in [4.78, 5) is 28.6. The number of amides is 1. The number of Topliss-reactive ketones (excluding diaryl/α,β-unsaturated/α-hetero) is 1. The Morgan fingerprint density at radius 1 is 0.844 bits per heavy atom. The number of ether oxygens (including phenoxy) is 2. The number of aliphatic hydroxyl groups is 1. The average molecular weight is 636 g/mol. The fourth-order valence-corrected chi connectivity index (χ4v) is 6.79. The van der Waals surface area contributed by atoms with Gasteiger partial charge in [-0.3, -0.25) is 14.5 Å². The predicted octanol–water partition coefficient (Wildman–Crippen LogP) is 7.43. The first-order valence-corrected chi connectivity index (χ1v) is 16.1. The first kappa shape index (κ1) is 30.1. The van der Waals surface area contributed by atoms with Crippen molar-refractivity contribution in [2.24, 2.45) is 0 Å². The zero-order chi connectivity index (χ0) is 31.2. The van der Waals surface area contributed by atoms with Crippen LogP contribution in [0.5, 0.6) is 11.5 Å². The van der Waals surface area contributed by atoms with E-state index in [4.69, 9.17) is 9.47 Å². The summed E-state index contributed by atoms with van der Waals surface area (Å²) in [7, 11) is 0. The van der Waals surface area contributed by atoms with E-state index >= 15 is 0 Å². The second-order valence-electron chi connectivity index (χ2n) is 10.1. The molecule has 0 bridgehead atoms. The normalized spacial score (nSPS) is 15.8. The van der Waals surface area contributed by atoms with Crippen LogP contribution in [0, 0.1) is 0 Å². The Morgan fingerprint density at radius 2 is 1.56 bits per heavy atom. The Bertz CT molecular complexity index is 1830. The van der Waals surface area contributed by atoms with Crippen molar-refractivity contribution in [1.82, 2.24) is 10.2 Å². The third-order valence-corrected chi connectivity index (χ3v) is 9.24. The van der Waals surface area contributed by atoms with E-state index < -0.39 is 17.7 Å². The van der Waals surface area contributed by atoms with Crippen LogP contribution in [0.25, 0.3) is 5.76 Å². The van der Waals surface area contributed by atoms with Gasteiger partial charge in [0.2, 0.25) is 5.13 Å². The number of carbonyl (C=O) groups is 2. The summed E-state index contributed by atoms with van der Waals surface area (Å²) in [5, 5.41) is 20.4. The minimum atomic E-state index is -0.961. The number of aliphatic hydroxyl groups excluding tert-OH is 1. The fraction of sp³-hybridized carbons (Fsp3) is 0.143. The summed E-state index contributed by atoms with van der Waals surface area (Å²) in [6, 6.07) is 32.7. The highest BCUT2D eigenvalue weighted by Crippen LogP contribution is 2.44. The van der Waals surface area contributed by atoms with E-state index in [1.807, 2.05) is 73.7 Å². The molecule has 0 saturated carbocycles. The molecule has 6 rings (SSSR count). The summed E-state index contributed by atoms with van der Waals surface area (Å²) in [5.74, 6) is -0.0312. The number of rotatable bonds is 11. The molecule has 10 heteroatoms. The number of nitrogens with zero attached hydrogens (tertiary/aromatic N) is 3. The maximum atomic E-state index is 13.7. The molecule has 1 unspecified atom stereocenters. The van der Waals surface area contributed by atoms with Crippen LogP contribution in [-0.2, 0) is 21.9 Å². The SMILES string of the molecule is CCOc1ccc(/C(O)=C2\C(=O)C(=O)N(c3nnc(SCc4ccccc4)s3)C2c2cccc(OCc3ccccc3)c2)cc1. The standard InChI is InChI=1S/C35H29N3O5S2/c1-2-42-27-18-16-25(17-19-27)31(39)29-30(26-14-9-15-28(20-26)43-21-23-10-5-3-6-11-23)38(33(41)32(29)40)34-36-37-35(45-34)44-22-24-12-7-4-8-13-24/h3-20,30,39H,2,21-22H2,1H3/b31-29+. The third-order valence-electron chi connectivity index (χ3n) is 7.11. The Balaban J connectivity index is 1.37. The van der Waals surface area contributed by atoms with Crippen LogP contribution in [0.15, 0.2) is 119 Å². The summed E-state index contributed by atoms with van der Waals surface area (Å²) in [6.45, 7) is 2.72. The lowest BCUT2D eigenvalue weighted by Gasteiger charge is -2.23. The van der Waals surface area contributed by atoms with Gasteiger partial charge in [0, 0.05) is 11.3 Å². The molecular formula is C35H29N3O5S2. The van der Waals surface area contributed by atoms with Crippen molar-refractivity contribution in [1.29, 1.82) is 0 Å². The maximum Gasteiger partial charge on any atom is 0.301 e. The molecule has 0 radical (unpaired) electrons. The smallest absolute Gasteiger partial charge is 0.301 e. The van der Waals surface area contributed by atoms with Crippen molar-refractivity contribution in [3.63, 3.8) is 0 Å². The van der Waals surface area contributed by atoms with Gasteiger partial charge in [-0.2, -0.15) is 0 Å². The summed E-state index contributed by atoms with van der Waals surface area (Å²) >= 11 is 2.72. The zero-order valence-corrected chi connectivity index (χ0v) is 26.0. The highest BCUT2D eigenvalue weighted by atomic mass is 32.2. The molecule has 1 N–H and O–H groups in total. The highest BCUT2D eigenvalue weighted by molar-refractivity contribution is 8.00. The Labute approximate surface area is 269 Å². The predicted molar refractivity (Wildman–Crippen MR) is 176 cm³/mol. The number of hydrogen-bond acceptors (Lipinski definition) is 9. The molecule has 1 saturated heterocycles. The highest BCUT2D eigenvalue weighted by Gasteiger charge is 2.48. The van der Waals surface area contributed by atoms with E-state index in [9.17, 15) is 14.7 Å². The molecule has 2 heterocycles. The van der Waals surface area contributed by atoms with Gasteiger partial charge in [0.1, 0.15) is 23.9 Å². The lowest BCUT2D eigenvalue weighted by molar-refractivity contribution is -0.132. The van der Waals surface area contributed by atoms with Gasteiger partial charge in [-0.1, -0.05) is 95.9 Å². The van der Waals surface area contributed by atoms with Crippen LogP contribution in [0.4, 0.5) is 5.13 Å². The molecule has 226 valence electrons. The first-order valence-electron chi connectivity index (χ1n) is 14.3. The molecule has 1 atom stereocenters. The van der Waals surface area contributed by atoms with Gasteiger partial charge in [-0.15, -0.1) is 10.2 Å². The van der Waals surface area contributed by atoms with Crippen molar-refractivity contribution in [2.45, 2.75) is 29.7 Å². The van der Waals surface area contributed by atoms with Crippen molar-refractivity contribution in [3.8, 4) is 11.5 Å². The zero-order valence-electron chi connectivity index (χ0n) is 24.3. The van der Waals surface area contributed by atoms with Crippen LogP contribution < -0.4 is 14.4 Å². The second-order valence-corrected chi connectivity index (χ2v) is 12.3. The quantitative estimate of drug-likeness (QED) is 0.0526. The van der Waals surface area contributed by atoms with E-state index in [0.29, 0.717) is 45.9 Å². The van der Waals surface area contributed by atoms with Gasteiger partial charge in [0.15, 0.2) is 4.34 Å². The largest absolute Gasteiger partial charge is 0.507 e. The first-order chi connectivity index (χ1) is 22.0. The van der Waals surface area contributed by atoms with Crippen LogP contribution in [0.2, 0.25) is 0 Å². The van der Waals surface area contributed by atoms with E-state index in [1.165, 1.54) is 28.0 Å². The summed E-state index contributed by atoms with van der Waals surface area (Å²) < 4.78 is 12.3. The third kappa shape index (κ3) is 6.77. The van der Waals surface area contributed by atoms with E-state index in [2.05, 4.69) is 10.2 Å². The Kier molecular flexibility index (Phi) is 9.23. The number of carbonyl (C=O) groups excluding carboxylic acids is 2. The molecule has 1 fully saturated rings. The van der Waals surface area contributed by atoms with Crippen LogP contribution in [-0.4, -0.2) is 33.6 Å². The molecular weight excluding hydrogens is 607 g/mol. The van der Waals surface area contributed by atoms with Gasteiger partial charge in [0.05, 0.1) is 18.2 Å². The van der Waals surface area contributed by atoms with Gasteiger partial charge in [-0.25, -0.2) is 0 Å². The number of hydrogen-bond donors (Lipinski definition) is 1. The molecule has 8 nitrogen and oxygen atoms in total. The van der Waals surface area contributed by atoms with Crippen molar-refractivity contribution >= 4 is 45.7 Å². The molecule has 0 aliphatic carbocycles. The minimum Gasteiger partial charge on any atom is -0.507 e. The van der Waals surface area contributed by atoms with Gasteiger partial charge < -0.3 is 14.6 Å². The number of aromatic nitrogens is 2. The Hall–Kier alpha value is -4.93. The van der Waals surface area contributed by atoms with Crippen LogP contribution in [0.1, 0.15) is 35.2 Å². The van der Waals surface area contributed by atoms with Crippen molar-refractivity contribution in [3.05, 3.63) is 137 Å². The van der Waals surface area contributed by atoms with Crippen molar-refractivity contribution in [2.75, 3.05) is 11.5 Å². The number of thioether (sulfide) groups is 1. The fourth-order valence-electron chi connectivity index (χ4n) is 4.97. The summed E-state index contributed by atoms with van der Waals surface area (Å²) in [6.07, 6.45) is 0. The van der Waals surface area contributed by atoms with Crippen molar-refractivity contribution < 1.29 is 24.2 Å². The van der Waals surface area contributed by atoms with E-state index in [1.54, 1.807) is 42.5 Å². The lowest BCUT2D eigenvalue weighted by atomic mass is 9.95. The van der Waals surface area contributed by atoms with Gasteiger partial charge >= 0.3 is 5.91 Å². The molecule has 0 spiro atoms. The molecule has 1 amide bonds. The van der Waals surface area contributed by atoms with Gasteiger partial charge in [0.25, 0.3) is 5.78 Å². The second kappa shape index (κ2) is 13.8. The number of benzene rings is 4. The van der Waals surface area contributed by atoms with Crippen LogP contribution >= 0.6 is 23.1 Å². The molecule has 1 aromatic heterocycles. The Morgan fingerprint density at radius 3 is 2.27 bits per heavy atom. The van der Waals surface area contributed by atoms with E-state index in [0.717, 1.165) is 11.1 Å².